The fourth-order valence-corrected chi connectivity index (χ4v) is 5.87. The van der Waals surface area contributed by atoms with Gasteiger partial charge in [0.2, 0.25) is 0 Å². The van der Waals surface area contributed by atoms with Crippen molar-refractivity contribution in [3.8, 4) is 17.2 Å². The highest BCUT2D eigenvalue weighted by atomic mass is 32.1. The van der Waals surface area contributed by atoms with Gasteiger partial charge in [0.15, 0.2) is 22.9 Å². The molecular formula is C33H31N3O7S. The number of rotatable bonds is 10. The van der Waals surface area contributed by atoms with Crippen molar-refractivity contribution in [1.82, 2.24) is 9.88 Å². The molecule has 226 valence electrons. The number of fused-ring (bicyclic) bond motifs is 1. The number of nitrogens with one attached hydrogen (secondary N) is 1. The Balaban J connectivity index is 1.50. The molecule has 1 atom stereocenters. The van der Waals surface area contributed by atoms with Gasteiger partial charge in [-0.3, -0.25) is 14.2 Å². The maximum absolute atomic E-state index is 14.0. The summed E-state index contributed by atoms with van der Waals surface area (Å²) in [6, 6.07) is 20.4. The Kier molecular flexibility index (Phi) is 9.25. The van der Waals surface area contributed by atoms with Crippen LogP contribution in [0.1, 0.15) is 36.6 Å². The normalized spacial score (nSPS) is 14.4. The van der Waals surface area contributed by atoms with Crippen molar-refractivity contribution in [2.75, 3.05) is 20.3 Å². The van der Waals surface area contributed by atoms with Crippen LogP contribution in [0, 0.1) is 0 Å². The molecule has 2 heterocycles. The van der Waals surface area contributed by atoms with Crippen molar-refractivity contribution in [2.45, 2.75) is 26.4 Å². The number of hydrogen-bond donors (Lipinski definition) is 2. The lowest BCUT2D eigenvalue weighted by atomic mass is 9.95. The minimum Gasteiger partial charge on any atom is -0.504 e. The minimum absolute atomic E-state index is 0.0765. The standard InChI is InChI=1S/C33H31N3O7S/c1-4-42-32(40)29-20(2)35-33-36(30(29)23-14-15-24(37)26(16-23)41-3)31(39)27(44-33)17-22-12-8-9-13-25(22)43-19-28(38)34-18-21-10-6-5-7-11-21/h5-17,30,37H,4,18-19H2,1-3H3,(H,34,38)/t30-/m1/s1. The molecule has 3 aromatic carbocycles. The average Bonchev–Trinajstić information content (AvgIpc) is 3.33. The first-order chi connectivity index (χ1) is 21.3. The first-order valence-corrected chi connectivity index (χ1v) is 14.7. The molecule has 44 heavy (non-hydrogen) atoms. The van der Waals surface area contributed by atoms with E-state index < -0.39 is 12.0 Å². The summed E-state index contributed by atoms with van der Waals surface area (Å²) in [6.07, 6.45) is 1.68. The Labute approximate surface area is 257 Å². The highest BCUT2D eigenvalue weighted by molar-refractivity contribution is 7.07. The van der Waals surface area contributed by atoms with Gasteiger partial charge in [-0.15, -0.1) is 0 Å². The van der Waals surface area contributed by atoms with Crippen molar-refractivity contribution in [2.24, 2.45) is 4.99 Å². The summed E-state index contributed by atoms with van der Waals surface area (Å²) in [5.74, 6) is -0.330. The number of carbonyl (C=O) groups excluding carboxylic acids is 2. The van der Waals surface area contributed by atoms with Gasteiger partial charge < -0.3 is 24.6 Å². The molecule has 1 aromatic heterocycles. The zero-order valence-electron chi connectivity index (χ0n) is 24.4. The third-order valence-electron chi connectivity index (χ3n) is 6.93. The summed E-state index contributed by atoms with van der Waals surface area (Å²) in [4.78, 5) is 44.6. The summed E-state index contributed by atoms with van der Waals surface area (Å²) < 4.78 is 18.3. The number of hydrogen-bond acceptors (Lipinski definition) is 9. The van der Waals surface area contributed by atoms with Crippen molar-refractivity contribution < 1.29 is 28.9 Å². The van der Waals surface area contributed by atoms with Crippen LogP contribution in [0.2, 0.25) is 0 Å². The molecular weight excluding hydrogens is 582 g/mol. The smallest absolute Gasteiger partial charge is 0.338 e. The molecule has 0 fully saturated rings. The lowest BCUT2D eigenvalue weighted by Crippen LogP contribution is -2.40. The van der Waals surface area contributed by atoms with Crippen molar-refractivity contribution in [3.63, 3.8) is 0 Å². The van der Waals surface area contributed by atoms with E-state index in [1.807, 2.05) is 30.3 Å². The predicted octanol–water partition coefficient (Wildman–Crippen LogP) is 3.21. The highest BCUT2D eigenvalue weighted by Gasteiger charge is 2.34. The second kappa shape index (κ2) is 13.4. The zero-order valence-corrected chi connectivity index (χ0v) is 25.2. The number of amides is 1. The van der Waals surface area contributed by atoms with Crippen molar-refractivity contribution in [1.29, 1.82) is 0 Å². The fraction of sp³-hybridized carbons (Fsp3) is 0.212. The van der Waals surface area contributed by atoms with Gasteiger partial charge in [0.1, 0.15) is 5.75 Å². The van der Waals surface area contributed by atoms with E-state index in [4.69, 9.17) is 14.2 Å². The van der Waals surface area contributed by atoms with Crippen molar-refractivity contribution in [3.05, 3.63) is 120 Å². The van der Waals surface area contributed by atoms with Gasteiger partial charge >= 0.3 is 5.97 Å². The number of nitrogens with zero attached hydrogens (tertiary/aromatic N) is 2. The van der Waals surface area contributed by atoms with Gasteiger partial charge in [-0.2, -0.15) is 0 Å². The SMILES string of the molecule is CCOC(=O)C1=C(C)N=c2sc(=Cc3ccccc3OCC(=O)NCc3ccccc3)c(=O)n2[C@@H]1c1ccc(O)c(OC)c1. The summed E-state index contributed by atoms with van der Waals surface area (Å²) in [7, 11) is 1.42. The summed E-state index contributed by atoms with van der Waals surface area (Å²) in [6.45, 7) is 3.72. The maximum atomic E-state index is 14.0. The molecule has 5 rings (SSSR count). The Morgan fingerprint density at radius 2 is 1.82 bits per heavy atom. The summed E-state index contributed by atoms with van der Waals surface area (Å²) >= 11 is 1.16. The molecule has 2 N–H and O–H groups in total. The van der Waals surface area contributed by atoms with Crippen LogP contribution in [0.3, 0.4) is 0 Å². The van der Waals surface area contributed by atoms with Crippen molar-refractivity contribution >= 4 is 29.3 Å². The van der Waals surface area contributed by atoms with E-state index in [1.165, 1.54) is 17.7 Å². The number of benzene rings is 3. The topological polar surface area (TPSA) is 128 Å². The van der Waals surface area contributed by atoms with Crippen LogP contribution in [0.5, 0.6) is 17.2 Å². The first-order valence-electron chi connectivity index (χ1n) is 13.9. The molecule has 0 saturated heterocycles. The molecule has 0 bridgehead atoms. The van der Waals surface area contributed by atoms with Gasteiger partial charge in [-0.1, -0.05) is 65.9 Å². The second-order valence-corrected chi connectivity index (χ2v) is 10.8. The van der Waals surface area contributed by atoms with E-state index in [0.29, 0.717) is 38.5 Å². The second-order valence-electron chi connectivity index (χ2n) is 9.82. The van der Waals surface area contributed by atoms with Gasteiger partial charge in [-0.05, 0) is 49.2 Å². The number of carbonyl (C=O) groups is 2. The predicted molar refractivity (Wildman–Crippen MR) is 165 cm³/mol. The third-order valence-corrected chi connectivity index (χ3v) is 7.92. The Hall–Kier alpha value is -5.16. The number of phenols is 1. The Morgan fingerprint density at radius 3 is 2.57 bits per heavy atom. The van der Waals surface area contributed by atoms with E-state index in [-0.39, 0.29) is 41.8 Å². The summed E-state index contributed by atoms with van der Waals surface area (Å²) in [5.41, 5.74) is 2.35. The number of phenolic OH excluding ortho intramolecular Hbond substituents is 1. The highest BCUT2D eigenvalue weighted by Crippen LogP contribution is 2.35. The van der Waals surface area contributed by atoms with Gasteiger partial charge in [-0.25, -0.2) is 9.79 Å². The number of methoxy groups -OCH3 is 1. The lowest BCUT2D eigenvalue weighted by Gasteiger charge is -2.25. The van der Waals surface area contributed by atoms with E-state index in [0.717, 1.165) is 16.9 Å². The molecule has 4 aromatic rings. The molecule has 0 radical (unpaired) electrons. The first kappa shape index (κ1) is 30.3. The molecule has 0 spiro atoms. The maximum Gasteiger partial charge on any atom is 0.338 e. The molecule has 1 aliphatic rings. The number of para-hydroxylation sites is 1. The lowest BCUT2D eigenvalue weighted by molar-refractivity contribution is -0.139. The molecule has 0 aliphatic carbocycles. The van der Waals surface area contributed by atoms with E-state index in [9.17, 15) is 19.5 Å². The van der Waals surface area contributed by atoms with Gasteiger partial charge in [0.25, 0.3) is 11.5 Å². The van der Waals surface area contributed by atoms with E-state index in [1.54, 1.807) is 56.3 Å². The van der Waals surface area contributed by atoms with Gasteiger partial charge in [0, 0.05) is 12.1 Å². The van der Waals surface area contributed by atoms with Crippen LogP contribution in [-0.2, 0) is 20.9 Å². The number of aromatic nitrogens is 1. The van der Waals surface area contributed by atoms with Crippen LogP contribution in [-0.4, -0.2) is 41.9 Å². The zero-order chi connectivity index (χ0) is 31.2. The number of esters is 1. The largest absolute Gasteiger partial charge is 0.504 e. The van der Waals surface area contributed by atoms with Gasteiger partial charge in [0.05, 0.1) is 35.6 Å². The number of thiazole rings is 1. The van der Waals surface area contributed by atoms with Crippen LogP contribution >= 0.6 is 11.3 Å². The molecule has 10 nitrogen and oxygen atoms in total. The van der Waals surface area contributed by atoms with E-state index in [2.05, 4.69) is 10.3 Å². The summed E-state index contributed by atoms with van der Waals surface area (Å²) in [5, 5.41) is 13.0. The minimum atomic E-state index is -0.873. The quantitative estimate of drug-likeness (QED) is 0.263. The Bertz CT molecular complexity index is 1910. The van der Waals surface area contributed by atoms with Crippen LogP contribution in [0.15, 0.2) is 93.9 Å². The molecule has 0 unspecified atom stereocenters. The fourth-order valence-electron chi connectivity index (χ4n) is 4.83. The number of allylic oxidation sites excluding steroid dienone is 1. The molecule has 11 heteroatoms. The number of aromatic hydroxyl groups is 1. The molecule has 0 saturated carbocycles. The molecule has 1 aliphatic heterocycles. The average molecular weight is 614 g/mol. The van der Waals surface area contributed by atoms with Crippen LogP contribution < -0.4 is 29.7 Å². The molecule has 1 amide bonds. The van der Waals surface area contributed by atoms with Crippen LogP contribution in [0.25, 0.3) is 6.08 Å². The number of ether oxygens (including phenoxy) is 3. The monoisotopic (exact) mass is 613 g/mol. The third kappa shape index (κ3) is 6.42. The van der Waals surface area contributed by atoms with Crippen LogP contribution in [0.4, 0.5) is 0 Å². The Morgan fingerprint density at radius 1 is 1.07 bits per heavy atom. The van der Waals surface area contributed by atoms with E-state index >= 15 is 0 Å².